The highest BCUT2D eigenvalue weighted by Crippen LogP contribution is 2.38. The van der Waals surface area contributed by atoms with Gasteiger partial charge in [-0.25, -0.2) is 4.39 Å². The number of halogens is 2. The Morgan fingerprint density at radius 1 is 1.03 bits per heavy atom. The van der Waals surface area contributed by atoms with Gasteiger partial charge in [0.15, 0.2) is 0 Å². The van der Waals surface area contributed by atoms with Gasteiger partial charge in [-0.3, -0.25) is 9.59 Å². The van der Waals surface area contributed by atoms with Crippen LogP contribution in [0.1, 0.15) is 59.8 Å². The highest BCUT2D eigenvalue weighted by molar-refractivity contribution is 6.30. The predicted octanol–water partition coefficient (Wildman–Crippen LogP) is 7.56. The van der Waals surface area contributed by atoms with E-state index < -0.39 is 5.97 Å². The molecule has 0 spiro atoms. The van der Waals surface area contributed by atoms with Gasteiger partial charge < -0.3 is 15.0 Å². The minimum absolute atomic E-state index is 0.0669. The topological polar surface area (TPSA) is 71.3 Å². The third-order valence-corrected chi connectivity index (χ3v) is 7.15. The molecule has 3 aromatic carbocycles. The predicted molar refractivity (Wildman–Crippen MR) is 150 cm³/mol. The number of amides is 1. The lowest BCUT2D eigenvalue weighted by Gasteiger charge is -2.24. The van der Waals surface area contributed by atoms with Crippen LogP contribution in [0.4, 0.5) is 4.39 Å². The quantitative estimate of drug-likeness (QED) is 0.233. The minimum atomic E-state index is -0.964. The molecular formula is C31H32ClFN2O3. The van der Waals surface area contributed by atoms with Gasteiger partial charge in [0, 0.05) is 28.7 Å². The van der Waals surface area contributed by atoms with Crippen LogP contribution in [0.5, 0.6) is 0 Å². The highest BCUT2D eigenvalue weighted by atomic mass is 35.5. The zero-order valence-corrected chi connectivity index (χ0v) is 22.8. The van der Waals surface area contributed by atoms with E-state index in [0.29, 0.717) is 22.0 Å². The Kier molecular flexibility index (Phi) is 8.22. The van der Waals surface area contributed by atoms with Crippen molar-refractivity contribution in [3.05, 3.63) is 93.9 Å². The fraction of sp³-hybridized carbons (Fsp3) is 0.290. The zero-order chi connectivity index (χ0) is 27.6. The van der Waals surface area contributed by atoms with E-state index in [1.54, 1.807) is 18.2 Å². The van der Waals surface area contributed by atoms with Crippen LogP contribution in [0.15, 0.2) is 60.8 Å². The van der Waals surface area contributed by atoms with Crippen LogP contribution in [-0.4, -0.2) is 28.1 Å². The summed E-state index contributed by atoms with van der Waals surface area (Å²) in [4.78, 5) is 23.1. The second-order valence-corrected chi connectivity index (χ2v) is 10.6. The summed E-state index contributed by atoms with van der Waals surface area (Å²) >= 11 is 6.15. The van der Waals surface area contributed by atoms with E-state index in [0.717, 1.165) is 39.6 Å². The molecule has 0 bridgehead atoms. The third kappa shape index (κ3) is 5.76. The molecule has 0 saturated heterocycles. The van der Waals surface area contributed by atoms with E-state index in [2.05, 4.69) is 19.2 Å². The van der Waals surface area contributed by atoms with Gasteiger partial charge in [-0.2, -0.15) is 0 Å². The molecule has 4 aromatic rings. The standard InChI is InChI=1S/C31H32ClFN2O3/c1-18(2)15-28(21-5-7-22(8-6-21)31(38)34-13-11-29(36)37)35-14-12-25-20(4)26(17-27(33)30(25)35)24-10-9-23(32)16-19(24)3/h5-10,12,14,16-18,28H,11,13,15H2,1-4H3,(H,34,38)(H,36,37). The lowest BCUT2D eigenvalue weighted by Crippen LogP contribution is -2.26. The number of carbonyl (C=O) groups is 2. The summed E-state index contributed by atoms with van der Waals surface area (Å²) < 4.78 is 17.8. The largest absolute Gasteiger partial charge is 0.481 e. The molecule has 1 unspecified atom stereocenters. The first kappa shape index (κ1) is 27.4. The second kappa shape index (κ2) is 11.4. The molecule has 1 aromatic heterocycles. The normalized spacial score (nSPS) is 12.2. The van der Waals surface area contributed by atoms with Crippen molar-refractivity contribution < 1.29 is 19.1 Å². The summed E-state index contributed by atoms with van der Waals surface area (Å²) in [5, 5.41) is 12.9. The van der Waals surface area contributed by atoms with Gasteiger partial charge in [0.1, 0.15) is 5.82 Å². The number of carboxylic acid groups (broad SMARTS) is 1. The van der Waals surface area contributed by atoms with E-state index in [-0.39, 0.29) is 30.7 Å². The summed E-state index contributed by atoms with van der Waals surface area (Å²) in [6.45, 7) is 8.32. The summed E-state index contributed by atoms with van der Waals surface area (Å²) in [6, 6.07) is 16.3. The van der Waals surface area contributed by atoms with Crippen molar-refractivity contribution in [1.82, 2.24) is 9.88 Å². The molecule has 1 amide bonds. The van der Waals surface area contributed by atoms with Crippen LogP contribution in [0.2, 0.25) is 5.02 Å². The number of carbonyl (C=O) groups excluding carboxylic acids is 1. The Morgan fingerprint density at radius 3 is 2.37 bits per heavy atom. The number of nitrogens with zero attached hydrogens (tertiary/aromatic N) is 1. The molecule has 198 valence electrons. The number of rotatable bonds is 9. The Morgan fingerprint density at radius 2 is 1.74 bits per heavy atom. The molecule has 0 aliphatic heterocycles. The number of carboxylic acids is 1. The summed E-state index contributed by atoms with van der Waals surface area (Å²) in [5.41, 5.74) is 5.76. The van der Waals surface area contributed by atoms with Gasteiger partial charge in [-0.05, 0) is 90.4 Å². The van der Waals surface area contributed by atoms with Crippen molar-refractivity contribution in [2.24, 2.45) is 5.92 Å². The smallest absolute Gasteiger partial charge is 0.305 e. The first-order chi connectivity index (χ1) is 18.1. The van der Waals surface area contributed by atoms with Crippen LogP contribution in [0.25, 0.3) is 22.0 Å². The van der Waals surface area contributed by atoms with E-state index in [9.17, 15) is 9.59 Å². The zero-order valence-electron chi connectivity index (χ0n) is 22.0. The van der Waals surface area contributed by atoms with E-state index in [1.165, 1.54) is 0 Å². The molecule has 5 nitrogen and oxygen atoms in total. The Hall–Kier alpha value is -3.64. The number of aliphatic carboxylic acids is 1. The maximum absolute atomic E-state index is 15.8. The van der Waals surface area contributed by atoms with Gasteiger partial charge in [0.05, 0.1) is 18.0 Å². The molecule has 1 heterocycles. The number of aryl methyl sites for hydroxylation is 2. The molecule has 0 saturated carbocycles. The lowest BCUT2D eigenvalue weighted by atomic mass is 9.93. The highest BCUT2D eigenvalue weighted by Gasteiger charge is 2.22. The molecule has 2 N–H and O–H groups in total. The number of hydrogen-bond acceptors (Lipinski definition) is 2. The molecular weight excluding hydrogens is 503 g/mol. The van der Waals surface area contributed by atoms with Gasteiger partial charge >= 0.3 is 5.97 Å². The number of aromatic nitrogens is 1. The maximum atomic E-state index is 15.8. The third-order valence-electron chi connectivity index (χ3n) is 6.91. The van der Waals surface area contributed by atoms with E-state index >= 15 is 4.39 Å². The molecule has 38 heavy (non-hydrogen) atoms. The first-order valence-corrected chi connectivity index (χ1v) is 13.1. The second-order valence-electron chi connectivity index (χ2n) is 10.1. The number of fused-ring (bicyclic) bond motifs is 1. The van der Waals surface area contributed by atoms with Crippen LogP contribution in [0, 0.1) is 25.6 Å². The average Bonchev–Trinajstić information content (AvgIpc) is 3.31. The van der Waals surface area contributed by atoms with Crippen LogP contribution in [-0.2, 0) is 4.79 Å². The molecule has 0 radical (unpaired) electrons. The van der Waals surface area contributed by atoms with Gasteiger partial charge in [0.25, 0.3) is 5.91 Å². The first-order valence-electron chi connectivity index (χ1n) is 12.7. The Labute approximate surface area is 227 Å². The Balaban J connectivity index is 1.72. The van der Waals surface area contributed by atoms with Gasteiger partial charge in [0.2, 0.25) is 0 Å². The molecule has 7 heteroatoms. The van der Waals surface area contributed by atoms with Crippen LogP contribution < -0.4 is 5.32 Å². The maximum Gasteiger partial charge on any atom is 0.305 e. The van der Waals surface area contributed by atoms with Crippen molar-refractivity contribution in [1.29, 1.82) is 0 Å². The molecule has 0 aliphatic carbocycles. The molecule has 0 fully saturated rings. The summed E-state index contributed by atoms with van der Waals surface area (Å²) in [7, 11) is 0. The molecule has 4 rings (SSSR count). The SMILES string of the molecule is Cc1cc(Cl)ccc1-c1cc(F)c2c(ccn2C(CC(C)C)c2ccc(C(=O)NCCC(=O)O)cc2)c1C. The minimum Gasteiger partial charge on any atom is -0.481 e. The van der Waals surface area contributed by atoms with Gasteiger partial charge in [-0.15, -0.1) is 0 Å². The number of nitrogens with one attached hydrogen (secondary N) is 1. The van der Waals surface area contributed by atoms with Crippen molar-refractivity contribution in [2.45, 2.75) is 46.6 Å². The monoisotopic (exact) mass is 534 g/mol. The van der Waals surface area contributed by atoms with E-state index in [1.807, 2.05) is 61.0 Å². The summed E-state index contributed by atoms with van der Waals surface area (Å²) in [5.74, 6) is -1.23. The van der Waals surface area contributed by atoms with Crippen LogP contribution >= 0.6 is 11.6 Å². The lowest BCUT2D eigenvalue weighted by molar-refractivity contribution is -0.136. The number of benzene rings is 3. The Bertz CT molecular complexity index is 1490. The number of hydrogen-bond donors (Lipinski definition) is 2. The van der Waals surface area contributed by atoms with E-state index in [4.69, 9.17) is 16.7 Å². The van der Waals surface area contributed by atoms with Crippen LogP contribution in [0.3, 0.4) is 0 Å². The average molecular weight is 535 g/mol. The molecule has 1 atom stereocenters. The van der Waals surface area contributed by atoms with Crippen molar-refractivity contribution >= 4 is 34.4 Å². The fourth-order valence-corrected chi connectivity index (χ4v) is 5.24. The molecule has 0 aliphatic rings. The van der Waals surface area contributed by atoms with Crippen molar-refractivity contribution in [3.8, 4) is 11.1 Å². The summed E-state index contributed by atoms with van der Waals surface area (Å²) in [6.07, 6.45) is 2.59. The fourth-order valence-electron chi connectivity index (χ4n) is 5.02. The van der Waals surface area contributed by atoms with Gasteiger partial charge in [-0.1, -0.05) is 43.6 Å². The van der Waals surface area contributed by atoms with Crippen molar-refractivity contribution in [2.75, 3.05) is 6.54 Å². The van der Waals surface area contributed by atoms with Crippen molar-refractivity contribution in [3.63, 3.8) is 0 Å².